The Morgan fingerprint density at radius 3 is 2.11 bits per heavy atom. The van der Waals surface area contributed by atoms with Gasteiger partial charge in [0.1, 0.15) is 17.2 Å². The molecule has 0 unspecified atom stereocenters. The fourth-order valence-corrected chi connectivity index (χ4v) is 2.27. The predicted molar refractivity (Wildman–Crippen MR) is 64.7 cm³/mol. The third kappa shape index (κ3) is 1.41. The van der Waals surface area contributed by atoms with Crippen LogP contribution in [0.4, 0.5) is 0 Å². The molecule has 3 rings (SSSR count). The average Bonchev–Trinajstić information content (AvgIpc) is 2.35. The Labute approximate surface area is 107 Å². The molecule has 2 aromatic rings. The van der Waals surface area contributed by atoms with Gasteiger partial charge >= 0.3 is 0 Å². The van der Waals surface area contributed by atoms with E-state index in [9.17, 15) is 24.9 Å². The van der Waals surface area contributed by atoms with E-state index in [1.165, 1.54) is 18.2 Å². The van der Waals surface area contributed by atoms with Crippen molar-refractivity contribution in [2.45, 2.75) is 0 Å². The molecule has 1 aliphatic rings. The average molecular weight is 256 g/mol. The largest absolute Gasteiger partial charge is 0.508 e. The minimum absolute atomic E-state index is 0.0403. The SMILES string of the molecule is O=C1c2cc(O)cc(O)c2C(=O)c2cccc(O)c21. The third-order valence-corrected chi connectivity index (χ3v) is 3.09. The quantitative estimate of drug-likeness (QED) is 0.567. The van der Waals surface area contributed by atoms with Gasteiger partial charge in [-0.3, -0.25) is 9.59 Å². The van der Waals surface area contributed by atoms with Crippen molar-refractivity contribution in [2.75, 3.05) is 0 Å². The van der Waals surface area contributed by atoms with Crippen molar-refractivity contribution in [1.29, 1.82) is 0 Å². The maximum Gasteiger partial charge on any atom is 0.198 e. The van der Waals surface area contributed by atoms with Crippen LogP contribution in [0.25, 0.3) is 0 Å². The zero-order valence-corrected chi connectivity index (χ0v) is 9.54. The molecule has 0 spiro atoms. The van der Waals surface area contributed by atoms with Crippen LogP contribution < -0.4 is 0 Å². The minimum atomic E-state index is -0.603. The number of phenolic OH excluding ortho intramolecular Hbond substituents is 3. The van der Waals surface area contributed by atoms with E-state index in [2.05, 4.69) is 0 Å². The van der Waals surface area contributed by atoms with Gasteiger partial charge in [-0.05, 0) is 12.1 Å². The van der Waals surface area contributed by atoms with Crippen LogP contribution in [0.3, 0.4) is 0 Å². The Bertz CT molecular complexity index is 746. The highest BCUT2D eigenvalue weighted by Gasteiger charge is 2.34. The maximum absolute atomic E-state index is 12.2. The summed E-state index contributed by atoms with van der Waals surface area (Å²) < 4.78 is 0. The van der Waals surface area contributed by atoms with E-state index < -0.39 is 17.3 Å². The summed E-state index contributed by atoms with van der Waals surface area (Å²) in [6.07, 6.45) is 0. The lowest BCUT2D eigenvalue weighted by Gasteiger charge is -2.19. The van der Waals surface area contributed by atoms with Crippen molar-refractivity contribution in [1.82, 2.24) is 0 Å². The van der Waals surface area contributed by atoms with E-state index >= 15 is 0 Å². The summed E-state index contributed by atoms with van der Waals surface area (Å²) in [7, 11) is 0. The molecule has 5 nitrogen and oxygen atoms in total. The highest BCUT2D eigenvalue weighted by Crippen LogP contribution is 2.38. The first kappa shape index (κ1) is 11.3. The van der Waals surface area contributed by atoms with Crippen molar-refractivity contribution in [3.05, 3.63) is 52.6 Å². The summed E-state index contributed by atoms with van der Waals surface area (Å²) in [4.78, 5) is 24.5. The molecule has 2 aromatic carbocycles. The summed E-state index contributed by atoms with van der Waals surface area (Å²) in [5, 5.41) is 28.8. The maximum atomic E-state index is 12.2. The summed E-state index contributed by atoms with van der Waals surface area (Å²) in [6, 6.07) is 6.26. The highest BCUT2D eigenvalue weighted by atomic mass is 16.3. The van der Waals surface area contributed by atoms with Crippen molar-refractivity contribution >= 4 is 11.6 Å². The number of rotatable bonds is 0. The molecular weight excluding hydrogens is 248 g/mol. The van der Waals surface area contributed by atoms with Crippen molar-refractivity contribution in [3.63, 3.8) is 0 Å². The van der Waals surface area contributed by atoms with Gasteiger partial charge in [-0.25, -0.2) is 0 Å². The molecule has 0 heterocycles. The molecule has 0 aliphatic heterocycles. The Morgan fingerprint density at radius 2 is 1.37 bits per heavy atom. The Morgan fingerprint density at radius 1 is 0.737 bits per heavy atom. The second-order valence-corrected chi connectivity index (χ2v) is 4.25. The number of benzene rings is 2. The number of carbonyl (C=O) groups excluding carboxylic acids is 2. The van der Waals surface area contributed by atoms with Crippen LogP contribution in [-0.4, -0.2) is 26.9 Å². The fraction of sp³-hybridized carbons (Fsp3) is 0. The van der Waals surface area contributed by atoms with Crippen LogP contribution in [0, 0.1) is 0 Å². The third-order valence-electron chi connectivity index (χ3n) is 3.09. The Kier molecular flexibility index (Phi) is 2.13. The van der Waals surface area contributed by atoms with E-state index in [-0.39, 0.29) is 33.8 Å². The number of carbonyl (C=O) groups is 2. The van der Waals surface area contributed by atoms with Gasteiger partial charge in [-0.2, -0.15) is 0 Å². The van der Waals surface area contributed by atoms with E-state index in [0.29, 0.717) is 0 Å². The molecular formula is C14H8O5. The molecule has 1 aliphatic carbocycles. The van der Waals surface area contributed by atoms with Gasteiger partial charge < -0.3 is 15.3 Å². The van der Waals surface area contributed by atoms with Crippen LogP contribution in [-0.2, 0) is 0 Å². The Hall–Kier alpha value is -2.82. The molecule has 0 fully saturated rings. The molecule has 0 saturated heterocycles. The zero-order chi connectivity index (χ0) is 13.7. The normalized spacial score (nSPS) is 13.1. The van der Waals surface area contributed by atoms with Crippen molar-refractivity contribution in [3.8, 4) is 17.2 Å². The number of phenols is 3. The van der Waals surface area contributed by atoms with Gasteiger partial charge in [0.25, 0.3) is 0 Å². The standard InChI is InChI=1S/C14H8O5/c15-6-4-8-12(10(17)5-6)13(18)7-2-1-3-9(16)11(7)14(8)19/h1-5,15-17H. The van der Waals surface area contributed by atoms with Crippen LogP contribution >= 0.6 is 0 Å². The zero-order valence-electron chi connectivity index (χ0n) is 9.54. The van der Waals surface area contributed by atoms with Gasteiger partial charge in [-0.1, -0.05) is 12.1 Å². The van der Waals surface area contributed by atoms with Crippen LogP contribution in [0.15, 0.2) is 30.3 Å². The lowest BCUT2D eigenvalue weighted by atomic mass is 9.83. The monoisotopic (exact) mass is 256 g/mol. The first-order valence-corrected chi connectivity index (χ1v) is 5.48. The van der Waals surface area contributed by atoms with Gasteiger partial charge in [0.2, 0.25) is 0 Å². The number of fused-ring (bicyclic) bond motifs is 2. The van der Waals surface area contributed by atoms with E-state index in [4.69, 9.17) is 0 Å². The molecule has 3 N–H and O–H groups in total. The van der Waals surface area contributed by atoms with Crippen molar-refractivity contribution < 1.29 is 24.9 Å². The van der Waals surface area contributed by atoms with Gasteiger partial charge in [0.05, 0.1) is 11.1 Å². The lowest BCUT2D eigenvalue weighted by molar-refractivity contribution is 0.0974. The van der Waals surface area contributed by atoms with Crippen molar-refractivity contribution in [2.24, 2.45) is 0 Å². The molecule has 5 heteroatoms. The number of ketones is 2. The molecule has 19 heavy (non-hydrogen) atoms. The molecule has 94 valence electrons. The highest BCUT2D eigenvalue weighted by molar-refractivity contribution is 6.30. The number of hydrogen-bond acceptors (Lipinski definition) is 5. The first-order chi connectivity index (χ1) is 9.00. The Balaban J connectivity index is 2.40. The van der Waals surface area contributed by atoms with E-state index in [1.807, 2.05) is 0 Å². The van der Waals surface area contributed by atoms with Crippen LogP contribution in [0.2, 0.25) is 0 Å². The topological polar surface area (TPSA) is 94.8 Å². The lowest BCUT2D eigenvalue weighted by Crippen LogP contribution is -2.21. The van der Waals surface area contributed by atoms with Crippen LogP contribution in [0.5, 0.6) is 17.2 Å². The number of hydrogen-bond donors (Lipinski definition) is 3. The van der Waals surface area contributed by atoms with Gasteiger partial charge in [0.15, 0.2) is 11.6 Å². The van der Waals surface area contributed by atoms with Gasteiger partial charge in [-0.15, -0.1) is 0 Å². The molecule has 0 atom stereocenters. The molecule has 0 radical (unpaired) electrons. The van der Waals surface area contributed by atoms with Crippen LogP contribution in [0.1, 0.15) is 31.8 Å². The summed E-state index contributed by atoms with van der Waals surface area (Å²) in [5.41, 5.74) is -0.333. The second kappa shape index (κ2) is 3.58. The van der Waals surface area contributed by atoms with E-state index in [1.54, 1.807) is 0 Å². The minimum Gasteiger partial charge on any atom is -0.508 e. The summed E-state index contributed by atoms with van der Waals surface area (Å²) in [5.74, 6) is -2.24. The number of aromatic hydroxyl groups is 3. The fourth-order valence-electron chi connectivity index (χ4n) is 2.27. The van der Waals surface area contributed by atoms with E-state index in [0.717, 1.165) is 12.1 Å². The molecule has 0 bridgehead atoms. The van der Waals surface area contributed by atoms with Gasteiger partial charge in [0, 0.05) is 17.2 Å². The second-order valence-electron chi connectivity index (χ2n) is 4.25. The smallest absolute Gasteiger partial charge is 0.198 e. The molecule has 0 saturated carbocycles. The summed E-state index contributed by atoms with van der Waals surface area (Å²) >= 11 is 0. The molecule has 0 aromatic heterocycles. The first-order valence-electron chi connectivity index (χ1n) is 5.48. The predicted octanol–water partition coefficient (Wildman–Crippen LogP) is 1.58. The summed E-state index contributed by atoms with van der Waals surface area (Å²) in [6.45, 7) is 0. The molecule has 0 amide bonds.